The van der Waals surface area contributed by atoms with Gasteiger partial charge in [-0.3, -0.25) is 0 Å². The first-order valence-corrected chi connectivity index (χ1v) is 6.49. The molecule has 0 atom stereocenters. The van der Waals surface area contributed by atoms with Gasteiger partial charge in [-0.1, -0.05) is 15.9 Å². The zero-order valence-corrected chi connectivity index (χ0v) is 12.1. The van der Waals surface area contributed by atoms with E-state index in [4.69, 9.17) is 15.2 Å². The fourth-order valence-electron chi connectivity index (χ4n) is 2.03. The number of hydrogen-bond acceptors (Lipinski definition) is 3. The van der Waals surface area contributed by atoms with E-state index in [-0.39, 0.29) is 5.54 Å². The van der Waals surface area contributed by atoms with E-state index in [1.165, 1.54) is 5.56 Å². The Kier molecular flexibility index (Phi) is 3.36. The van der Waals surface area contributed by atoms with Crippen molar-refractivity contribution in [2.45, 2.75) is 31.7 Å². The lowest BCUT2D eigenvalue weighted by atomic mass is 9.98. The van der Waals surface area contributed by atoms with Crippen LogP contribution in [0.1, 0.15) is 24.0 Å². The first-order valence-electron chi connectivity index (χ1n) is 5.69. The molecule has 0 radical (unpaired) electrons. The van der Waals surface area contributed by atoms with E-state index in [2.05, 4.69) is 22.9 Å². The van der Waals surface area contributed by atoms with Crippen molar-refractivity contribution in [2.24, 2.45) is 5.73 Å². The second kappa shape index (κ2) is 4.50. The first-order chi connectivity index (χ1) is 8.00. The van der Waals surface area contributed by atoms with Crippen molar-refractivity contribution in [3.8, 4) is 11.5 Å². The predicted molar refractivity (Wildman–Crippen MR) is 71.8 cm³/mol. The van der Waals surface area contributed by atoms with Gasteiger partial charge in [0.05, 0.1) is 14.2 Å². The van der Waals surface area contributed by atoms with Gasteiger partial charge in [-0.2, -0.15) is 0 Å². The van der Waals surface area contributed by atoms with Crippen LogP contribution >= 0.6 is 15.9 Å². The molecule has 0 bridgehead atoms. The van der Waals surface area contributed by atoms with Gasteiger partial charge in [0.25, 0.3) is 0 Å². The SMILES string of the molecule is COc1cc(Br)c(C)c(CC2(N)CC2)c1OC. The normalized spacial score (nSPS) is 16.8. The van der Waals surface area contributed by atoms with Crippen molar-refractivity contribution in [1.29, 1.82) is 0 Å². The summed E-state index contributed by atoms with van der Waals surface area (Å²) in [7, 11) is 3.32. The van der Waals surface area contributed by atoms with Gasteiger partial charge in [0.2, 0.25) is 0 Å². The maximum absolute atomic E-state index is 6.20. The van der Waals surface area contributed by atoms with Crippen molar-refractivity contribution in [3.63, 3.8) is 0 Å². The Morgan fingerprint density at radius 2 is 2.00 bits per heavy atom. The minimum Gasteiger partial charge on any atom is -0.493 e. The van der Waals surface area contributed by atoms with Crippen LogP contribution in [0, 0.1) is 6.92 Å². The molecule has 94 valence electrons. The summed E-state index contributed by atoms with van der Waals surface area (Å²) >= 11 is 3.55. The van der Waals surface area contributed by atoms with Crippen LogP contribution in [0.5, 0.6) is 11.5 Å². The maximum Gasteiger partial charge on any atom is 0.164 e. The van der Waals surface area contributed by atoms with Gasteiger partial charge >= 0.3 is 0 Å². The third kappa shape index (κ3) is 2.43. The molecule has 0 heterocycles. The predicted octanol–water partition coefficient (Wildman–Crippen LogP) is 2.81. The summed E-state index contributed by atoms with van der Waals surface area (Å²) in [6.07, 6.45) is 3.02. The molecular weight excluding hydrogens is 282 g/mol. The number of hydrogen-bond donors (Lipinski definition) is 1. The van der Waals surface area contributed by atoms with Gasteiger partial charge in [-0.25, -0.2) is 0 Å². The molecule has 1 saturated carbocycles. The number of rotatable bonds is 4. The van der Waals surface area contributed by atoms with E-state index >= 15 is 0 Å². The molecule has 1 aliphatic rings. The molecule has 0 spiro atoms. The first kappa shape index (κ1) is 12.7. The summed E-state index contributed by atoms with van der Waals surface area (Å²) in [5, 5.41) is 0. The van der Waals surface area contributed by atoms with E-state index in [0.717, 1.165) is 40.8 Å². The number of halogens is 1. The van der Waals surface area contributed by atoms with Crippen LogP contribution in [0.2, 0.25) is 0 Å². The van der Waals surface area contributed by atoms with Crippen LogP contribution < -0.4 is 15.2 Å². The lowest BCUT2D eigenvalue weighted by Gasteiger charge is -2.19. The molecule has 0 aliphatic heterocycles. The minimum atomic E-state index is -0.0379. The molecule has 1 aromatic rings. The third-order valence-corrected chi connectivity index (χ3v) is 4.24. The summed E-state index contributed by atoms with van der Waals surface area (Å²) in [5.74, 6) is 1.56. The van der Waals surface area contributed by atoms with Gasteiger partial charge in [0, 0.05) is 15.6 Å². The highest BCUT2D eigenvalue weighted by molar-refractivity contribution is 9.10. The molecule has 1 fully saturated rings. The van der Waals surface area contributed by atoms with Crippen molar-refractivity contribution in [3.05, 3.63) is 21.7 Å². The summed E-state index contributed by atoms with van der Waals surface area (Å²) in [4.78, 5) is 0. The zero-order valence-electron chi connectivity index (χ0n) is 10.5. The fraction of sp³-hybridized carbons (Fsp3) is 0.538. The van der Waals surface area contributed by atoms with Gasteiger partial charge < -0.3 is 15.2 Å². The standard InChI is InChI=1S/C13H18BrNO2/c1-8-9(7-13(15)4-5-13)12(17-3)11(16-2)6-10(8)14/h6H,4-5,7,15H2,1-3H3. The number of methoxy groups -OCH3 is 2. The molecule has 0 unspecified atom stereocenters. The summed E-state index contributed by atoms with van der Waals surface area (Å²) < 4.78 is 11.9. The van der Waals surface area contributed by atoms with E-state index < -0.39 is 0 Å². The molecule has 0 aromatic heterocycles. The van der Waals surface area contributed by atoms with Crippen LogP contribution in [-0.2, 0) is 6.42 Å². The smallest absolute Gasteiger partial charge is 0.164 e. The molecule has 1 aromatic carbocycles. The zero-order chi connectivity index (χ0) is 12.6. The molecule has 0 saturated heterocycles. The Labute approximate surface area is 110 Å². The van der Waals surface area contributed by atoms with Crippen LogP contribution in [0.15, 0.2) is 10.5 Å². The topological polar surface area (TPSA) is 44.5 Å². The lowest BCUT2D eigenvalue weighted by Crippen LogP contribution is -2.25. The van der Waals surface area contributed by atoms with Gasteiger partial charge in [0.1, 0.15) is 0 Å². The van der Waals surface area contributed by atoms with Crippen molar-refractivity contribution < 1.29 is 9.47 Å². The summed E-state index contributed by atoms with van der Waals surface area (Å²) in [5.41, 5.74) is 8.49. The number of ether oxygens (including phenoxy) is 2. The summed E-state index contributed by atoms with van der Waals surface area (Å²) in [6.45, 7) is 2.08. The molecular formula is C13H18BrNO2. The Bertz CT molecular complexity index is 442. The van der Waals surface area contributed by atoms with Crippen LogP contribution in [0.3, 0.4) is 0 Å². The van der Waals surface area contributed by atoms with E-state index in [1.807, 2.05) is 6.07 Å². The molecule has 17 heavy (non-hydrogen) atoms. The maximum atomic E-state index is 6.20. The van der Waals surface area contributed by atoms with Crippen LogP contribution in [0.4, 0.5) is 0 Å². The average molecular weight is 300 g/mol. The number of nitrogens with two attached hydrogens (primary N) is 1. The number of benzene rings is 1. The van der Waals surface area contributed by atoms with Gasteiger partial charge in [-0.15, -0.1) is 0 Å². The summed E-state index contributed by atoms with van der Waals surface area (Å²) in [6, 6.07) is 1.94. The molecule has 2 N–H and O–H groups in total. The second-order valence-corrected chi connectivity index (χ2v) is 5.59. The Morgan fingerprint density at radius 1 is 1.35 bits per heavy atom. The molecule has 0 amide bonds. The van der Waals surface area contributed by atoms with E-state index in [9.17, 15) is 0 Å². The van der Waals surface area contributed by atoms with Crippen LogP contribution in [0.25, 0.3) is 0 Å². The van der Waals surface area contributed by atoms with Crippen molar-refractivity contribution in [2.75, 3.05) is 14.2 Å². The fourth-order valence-corrected chi connectivity index (χ4v) is 2.48. The van der Waals surface area contributed by atoms with Gasteiger partial charge in [0.15, 0.2) is 11.5 Å². The Morgan fingerprint density at radius 3 is 2.47 bits per heavy atom. The molecule has 2 rings (SSSR count). The highest BCUT2D eigenvalue weighted by Gasteiger charge is 2.39. The van der Waals surface area contributed by atoms with E-state index in [1.54, 1.807) is 14.2 Å². The van der Waals surface area contributed by atoms with Gasteiger partial charge in [-0.05, 0) is 37.8 Å². The minimum absolute atomic E-state index is 0.0379. The molecule has 1 aliphatic carbocycles. The monoisotopic (exact) mass is 299 g/mol. The van der Waals surface area contributed by atoms with Crippen molar-refractivity contribution >= 4 is 15.9 Å². The van der Waals surface area contributed by atoms with E-state index in [0.29, 0.717) is 0 Å². The third-order valence-electron chi connectivity index (χ3n) is 3.41. The second-order valence-electron chi connectivity index (χ2n) is 4.74. The highest BCUT2D eigenvalue weighted by Crippen LogP contribution is 2.43. The Balaban J connectivity index is 2.48. The molecule has 4 heteroatoms. The van der Waals surface area contributed by atoms with Crippen molar-refractivity contribution in [1.82, 2.24) is 0 Å². The molecule has 3 nitrogen and oxygen atoms in total. The highest BCUT2D eigenvalue weighted by atomic mass is 79.9. The lowest BCUT2D eigenvalue weighted by molar-refractivity contribution is 0.350. The van der Waals surface area contributed by atoms with Crippen LogP contribution in [-0.4, -0.2) is 19.8 Å². The Hall–Kier alpha value is -0.740. The largest absolute Gasteiger partial charge is 0.493 e. The quantitative estimate of drug-likeness (QED) is 0.930. The average Bonchev–Trinajstić information content (AvgIpc) is 3.02.